The van der Waals surface area contributed by atoms with Crippen LogP contribution in [0.25, 0.3) is 22.6 Å². The zero-order valence-electron chi connectivity index (χ0n) is 10.5. The number of halogens is 2. The molecule has 0 aliphatic heterocycles. The highest BCUT2D eigenvalue weighted by Crippen LogP contribution is 2.29. The zero-order chi connectivity index (χ0) is 13.6. The quantitative estimate of drug-likeness (QED) is 0.668. The maximum Gasteiger partial charge on any atom is 0.179 e. The Hall–Kier alpha value is -1.58. The Morgan fingerprint density at radius 1 is 1.05 bits per heavy atom. The second-order valence-corrected chi connectivity index (χ2v) is 5.25. The summed E-state index contributed by atoms with van der Waals surface area (Å²) in [5.41, 5.74) is 4.78. The van der Waals surface area contributed by atoms with Crippen LogP contribution < -0.4 is 0 Å². The molecule has 0 radical (unpaired) electrons. The van der Waals surface area contributed by atoms with Gasteiger partial charge in [0.2, 0.25) is 0 Å². The molecule has 0 saturated heterocycles. The Labute approximate surface area is 120 Å². The molecule has 19 heavy (non-hydrogen) atoms. The van der Waals surface area contributed by atoms with Gasteiger partial charge in [0.1, 0.15) is 11.0 Å². The van der Waals surface area contributed by atoms with Crippen LogP contribution in [0.15, 0.2) is 24.3 Å². The van der Waals surface area contributed by atoms with Gasteiger partial charge in [-0.15, -0.1) is 0 Å². The highest BCUT2D eigenvalue weighted by Gasteiger charge is 2.12. The fourth-order valence-corrected chi connectivity index (χ4v) is 2.49. The van der Waals surface area contributed by atoms with Crippen molar-refractivity contribution >= 4 is 34.4 Å². The Bertz CT molecular complexity index is 718. The van der Waals surface area contributed by atoms with E-state index in [-0.39, 0.29) is 5.15 Å². The van der Waals surface area contributed by atoms with E-state index in [0.717, 1.165) is 28.0 Å². The highest BCUT2D eigenvalue weighted by molar-refractivity contribution is 6.41. The number of hydrogen-bond donors (Lipinski definition) is 1. The van der Waals surface area contributed by atoms with Crippen LogP contribution in [0.4, 0.5) is 0 Å². The molecule has 2 heterocycles. The number of aromatic amines is 1. The van der Waals surface area contributed by atoms with Crippen molar-refractivity contribution in [2.45, 2.75) is 13.8 Å². The third-order valence-electron chi connectivity index (χ3n) is 3.10. The van der Waals surface area contributed by atoms with Gasteiger partial charge in [-0.25, -0.2) is 9.97 Å². The molecule has 96 valence electrons. The number of aryl methyl sites for hydroxylation is 2. The molecule has 0 saturated carbocycles. The van der Waals surface area contributed by atoms with Crippen molar-refractivity contribution in [3.8, 4) is 11.4 Å². The number of pyridine rings is 1. The molecule has 3 rings (SSSR count). The van der Waals surface area contributed by atoms with Gasteiger partial charge >= 0.3 is 0 Å². The van der Waals surface area contributed by atoms with Gasteiger partial charge in [-0.3, -0.25) is 0 Å². The molecule has 0 atom stereocenters. The minimum absolute atomic E-state index is 0.272. The number of imidazole rings is 1. The third kappa shape index (κ3) is 2.09. The number of hydrogen-bond acceptors (Lipinski definition) is 2. The molecule has 0 unspecified atom stereocenters. The standard InChI is InChI=1S/C14H11Cl2N3/c1-7-4-3-5-8(2)11(7)14-17-10-6-9(15)12(16)18-13(10)19-14/h3-6H,1-2H3,(H,17,18,19). The number of nitrogens with one attached hydrogen (secondary N) is 1. The number of aromatic nitrogens is 3. The summed E-state index contributed by atoms with van der Waals surface area (Å²) in [6.45, 7) is 4.12. The Morgan fingerprint density at radius 3 is 2.42 bits per heavy atom. The first-order valence-corrected chi connectivity index (χ1v) is 6.60. The highest BCUT2D eigenvalue weighted by atomic mass is 35.5. The van der Waals surface area contributed by atoms with Crippen molar-refractivity contribution in [1.82, 2.24) is 15.0 Å². The summed E-state index contributed by atoms with van der Waals surface area (Å²) in [5.74, 6) is 0.788. The van der Waals surface area contributed by atoms with Crippen molar-refractivity contribution in [2.24, 2.45) is 0 Å². The monoisotopic (exact) mass is 291 g/mol. The lowest BCUT2D eigenvalue weighted by Gasteiger charge is -2.05. The second-order valence-electron chi connectivity index (χ2n) is 4.48. The molecule has 0 spiro atoms. The minimum Gasteiger partial charge on any atom is -0.337 e. The molecule has 3 aromatic rings. The van der Waals surface area contributed by atoms with Crippen molar-refractivity contribution in [3.05, 3.63) is 45.6 Å². The summed E-state index contributed by atoms with van der Waals surface area (Å²) in [6, 6.07) is 7.89. The van der Waals surface area contributed by atoms with Gasteiger partial charge in [-0.2, -0.15) is 0 Å². The van der Waals surface area contributed by atoms with E-state index < -0.39 is 0 Å². The molecule has 5 heteroatoms. The van der Waals surface area contributed by atoms with E-state index in [1.165, 1.54) is 0 Å². The SMILES string of the molecule is Cc1cccc(C)c1-c1nc2nc(Cl)c(Cl)cc2[nH]1. The third-order valence-corrected chi connectivity index (χ3v) is 3.77. The first kappa shape index (κ1) is 12.5. The maximum absolute atomic E-state index is 5.96. The molecule has 0 aliphatic carbocycles. The lowest BCUT2D eigenvalue weighted by molar-refractivity contribution is 1.26. The van der Waals surface area contributed by atoms with E-state index in [9.17, 15) is 0 Å². The smallest absolute Gasteiger partial charge is 0.179 e. The number of nitrogens with zero attached hydrogens (tertiary/aromatic N) is 2. The Balaban J connectivity index is 2.26. The minimum atomic E-state index is 0.272. The summed E-state index contributed by atoms with van der Waals surface area (Å²) in [4.78, 5) is 11.9. The van der Waals surface area contributed by atoms with E-state index in [1.807, 2.05) is 6.07 Å². The first-order chi connectivity index (χ1) is 9.06. The average molecular weight is 292 g/mol. The molecular formula is C14H11Cl2N3. The van der Waals surface area contributed by atoms with Gasteiger partial charge in [0.15, 0.2) is 5.65 Å². The van der Waals surface area contributed by atoms with Gasteiger partial charge < -0.3 is 4.98 Å². The van der Waals surface area contributed by atoms with Crippen molar-refractivity contribution in [2.75, 3.05) is 0 Å². The zero-order valence-corrected chi connectivity index (χ0v) is 12.0. The number of benzene rings is 1. The summed E-state index contributed by atoms with van der Waals surface area (Å²) in [5, 5.41) is 0.694. The summed E-state index contributed by atoms with van der Waals surface area (Å²) in [6.07, 6.45) is 0. The van der Waals surface area contributed by atoms with Crippen LogP contribution in [0.5, 0.6) is 0 Å². The molecular weight excluding hydrogens is 281 g/mol. The van der Waals surface area contributed by atoms with Crippen LogP contribution in [0.3, 0.4) is 0 Å². The van der Waals surface area contributed by atoms with Crippen LogP contribution in [0.1, 0.15) is 11.1 Å². The van der Waals surface area contributed by atoms with Crippen molar-refractivity contribution in [1.29, 1.82) is 0 Å². The molecule has 1 N–H and O–H groups in total. The predicted octanol–water partition coefficient (Wildman–Crippen LogP) is 4.55. The molecule has 0 fully saturated rings. The van der Waals surface area contributed by atoms with E-state index in [4.69, 9.17) is 23.2 Å². The molecule has 2 aromatic heterocycles. The van der Waals surface area contributed by atoms with Crippen molar-refractivity contribution in [3.63, 3.8) is 0 Å². The Morgan fingerprint density at radius 2 is 1.74 bits per heavy atom. The second kappa shape index (κ2) is 4.51. The summed E-state index contributed by atoms with van der Waals surface area (Å²) in [7, 11) is 0. The van der Waals surface area contributed by atoms with Crippen LogP contribution in [-0.4, -0.2) is 15.0 Å². The van der Waals surface area contributed by atoms with Gasteiger partial charge in [-0.1, -0.05) is 41.4 Å². The largest absolute Gasteiger partial charge is 0.337 e. The number of H-pyrrole nitrogens is 1. The molecule has 1 aromatic carbocycles. The average Bonchev–Trinajstić information content (AvgIpc) is 2.72. The van der Waals surface area contributed by atoms with Gasteiger partial charge in [0.05, 0.1) is 10.5 Å². The lowest BCUT2D eigenvalue weighted by Crippen LogP contribution is -1.89. The Kier molecular flexibility index (Phi) is 2.96. The van der Waals surface area contributed by atoms with Crippen LogP contribution in [-0.2, 0) is 0 Å². The van der Waals surface area contributed by atoms with Gasteiger partial charge in [0.25, 0.3) is 0 Å². The molecule has 0 bridgehead atoms. The molecule has 0 aliphatic rings. The fraction of sp³-hybridized carbons (Fsp3) is 0.143. The number of fused-ring (bicyclic) bond motifs is 1. The first-order valence-electron chi connectivity index (χ1n) is 5.84. The van der Waals surface area contributed by atoms with E-state index in [2.05, 4.69) is 40.9 Å². The van der Waals surface area contributed by atoms with Gasteiger partial charge in [-0.05, 0) is 31.0 Å². The molecule has 3 nitrogen and oxygen atoms in total. The maximum atomic E-state index is 5.96. The summed E-state index contributed by atoms with van der Waals surface area (Å²) < 4.78 is 0. The van der Waals surface area contributed by atoms with Crippen LogP contribution >= 0.6 is 23.2 Å². The van der Waals surface area contributed by atoms with Crippen molar-refractivity contribution < 1.29 is 0 Å². The lowest BCUT2D eigenvalue weighted by atomic mass is 10.0. The van der Waals surface area contributed by atoms with E-state index in [0.29, 0.717) is 10.7 Å². The van der Waals surface area contributed by atoms with Gasteiger partial charge in [0, 0.05) is 5.56 Å². The normalized spacial score (nSPS) is 11.2. The summed E-state index contributed by atoms with van der Waals surface area (Å²) >= 11 is 11.9. The van der Waals surface area contributed by atoms with Crippen LogP contribution in [0, 0.1) is 13.8 Å². The number of rotatable bonds is 1. The molecule has 0 amide bonds. The van der Waals surface area contributed by atoms with E-state index in [1.54, 1.807) is 6.07 Å². The topological polar surface area (TPSA) is 41.6 Å². The van der Waals surface area contributed by atoms with Crippen LogP contribution in [0.2, 0.25) is 10.2 Å². The van der Waals surface area contributed by atoms with E-state index >= 15 is 0 Å². The predicted molar refractivity (Wildman–Crippen MR) is 78.8 cm³/mol. The fourth-order valence-electron chi connectivity index (χ4n) is 2.20.